The van der Waals surface area contributed by atoms with Crippen LogP contribution in [0, 0.1) is 0 Å². The van der Waals surface area contributed by atoms with Crippen LogP contribution < -0.4 is 5.32 Å². The Hall–Kier alpha value is -1.63. The zero-order valence-electron chi connectivity index (χ0n) is 12.8. The molecule has 1 aromatic heterocycles. The van der Waals surface area contributed by atoms with Gasteiger partial charge in [-0.2, -0.15) is 0 Å². The number of aliphatic carboxylic acids is 1. The summed E-state index contributed by atoms with van der Waals surface area (Å²) in [4.78, 5) is 29.8. The largest absolute Gasteiger partial charge is 0.481 e. The summed E-state index contributed by atoms with van der Waals surface area (Å²) in [7, 11) is 0. The van der Waals surface area contributed by atoms with Crippen molar-refractivity contribution in [2.75, 3.05) is 6.54 Å². The van der Waals surface area contributed by atoms with Crippen LogP contribution in [-0.2, 0) is 17.8 Å². The number of carboxylic acids is 1. The van der Waals surface area contributed by atoms with Gasteiger partial charge in [0.1, 0.15) is 5.01 Å². The number of hydrogen-bond donors (Lipinski definition) is 2. The summed E-state index contributed by atoms with van der Waals surface area (Å²) < 4.78 is 0. The molecule has 0 fully saturated rings. The molecule has 0 aliphatic heterocycles. The summed E-state index contributed by atoms with van der Waals surface area (Å²) in [6.45, 7) is 6.75. The van der Waals surface area contributed by atoms with Crippen molar-refractivity contribution in [2.45, 2.75) is 52.6 Å². The molecule has 0 radical (unpaired) electrons. The quantitative estimate of drug-likeness (QED) is 0.772. The second-order valence-corrected chi connectivity index (χ2v) is 6.22. The van der Waals surface area contributed by atoms with Crippen molar-refractivity contribution in [3.05, 3.63) is 16.1 Å². The highest BCUT2D eigenvalue weighted by Gasteiger charge is 2.17. The van der Waals surface area contributed by atoms with Gasteiger partial charge in [0.25, 0.3) is 0 Å². The summed E-state index contributed by atoms with van der Waals surface area (Å²) in [6, 6.07) is -0.148. The molecule has 2 N–H and O–H groups in total. The molecular weight excluding hydrogens is 290 g/mol. The van der Waals surface area contributed by atoms with E-state index in [0.29, 0.717) is 19.5 Å². The maximum atomic E-state index is 12.2. The fourth-order valence-corrected chi connectivity index (χ4v) is 2.64. The molecule has 1 aromatic rings. The molecule has 0 unspecified atom stereocenters. The van der Waals surface area contributed by atoms with Gasteiger partial charge in [-0.3, -0.25) is 4.79 Å². The van der Waals surface area contributed by atoms with Gasteiger partial charge in [0.2, 0.25) is 0 Å². The normalized spacial score (nSPS) is 10.7. The number of nitrogens with one attached hydrogen (secondary N) is 1. The lowest BCUT2D eigenvalue weighted by molar-refractivity contribution is -0.137. The fraction of sp³-hybridized carbons (Fsp3) is 0.643. The molecule has 118 valence electrons. The van der Waals surface area contributed by atoms with Crippen LogP contribution >= 0.6 is 11.3 Å². The Morgan fingerprint density at radius 3 is 2.71 bits per heavy atom. The Kier molecular flexibility index (Phi) is 7.14. The number of nitrogens with zero attached hydrogens (tertiary/aromatic N) is 2. The molecule has 0 aromatic carbocycles. The Bertz CT molecular complexity index is 474. The molecule has 0 bridgehead atoms. The summed E-state index contributed by atoms with van der Waals surface area (Å²) in [5.74, 6) is -0.839. The number of aromatic nitrogens is 1. The maximum Gasteiger partial charge on any atom is 0.317 e. The number of urea groups is 1. The molecule has 0 spiro atoms. The smallest absolute Gasteiger partial charge is 0.317 e. The molecule has 6 nitrogen and oxygen atoms in total. The highest BCUT2D eigenvalue weighted by Crippen LogP contribution is 2.13. The van der Waals surface area contributed by atoms with Gasteiger partial charge in [-0.1, -0.05) is 6.92 Å². The minimum atomic E-state index is -0.839. The molecule has 0 saturated heterocycles. The van der Waals surface area contributed by atoms with Crippen LogP contribution in [-0.4, -0.2) is 39.6 Å². The zero-order valence-corrected chi connectivity index (χ0v) is 13.6. The van der Waals surface area contributed by atoms with Crippen LogP contribution in [0.25, 0.3) is 0 Å². The molecule has 0 aliphatic carbocycles. The number of carbonyl (C=O) groups is 2. The topological polar surface area (TPSA) is 82.5 Å². The van der Waals surface area contributed by atoms with E-state index in [1.54, 1.807) is 16.2 Å². The molecule has 1 rings (SSSR count). The van der Waals surface area contributed by atoms with Gasteiger partial charge in [-0.15, -0.1) is 11.3 Å². The van der Waals surface area contributed by atoms with Crippen LogP contribution in [0.1, 0.15) is 43.5 Å². The van der Waals surface area contributed by atoms with Crippen LogP contribution in [0.5, 0.6) is 0 Å². The van der Waals surface area contributed by atoms with Gasteiger partial charge in [-0.05, 0) is 26.7 Å². The average molecular weight is 313 g/mol. The van der Waals surface area contributed by atoms with E-state index < -0.39 is 5.97 Å². The van der Waals surface area contributed by atoms with E-state index >= 15 is 0 Å². The predicted octanol–water partition coefficient (Wildman–Crippen LogP) is 2.49. The van der Waals surface area contributed by atoms with Crippen molar-refractivity contribution < 1.29 is 14.7 Å². The van der Waals surface area contributed by atoms with E-state index in [0.717, 1.165) is 11.4 Å². The number of carboxylic acid groups (broad SMARTS) is 1. The minimum Gasteiger partial charge on any atom is -0.481 e. The van der Waals surface area contributed by atoms with Crippen LogP contribution in [0.4, 0.5) is 4.79 Å². The molecule has 0 aliphatic rings. The third kappa shape index (κ3) is 6.12. The SMILES string of the molecule is CCc1cnc(CNC(=O)N(CCCC(=O)O)C(C)C)s1. The summed E-state index contributed by atoms with van der Waals surface area (Å²) in [6.07, 6.45) is 3.30. The first-order valence-corrected chi connectivity index (χ1v) is 7.95. The van der Waals surface area contributed by atoms with Gasteiger partial charge in [0, 0.05) is 30.1 Å². The third-order valence-corrected chi connectivity index (χ3v) is 4.16. The van der Waals surface area contributed by atoms with Crippen LogP contribution in [0.2, 0.25) is 0 Å². The van der Waals surface area contributed by atoms with E-state index in [9.17, 15) is 9.59 Å². The Morgan fingerprint density at radius 2 is 2.19 bits per heavy atom. The molecule has 0 saturated carbocycles. The van der Waals surface area contributed by atoms with Gasteiger partial charge in [0.05, 0.1) is 6.54 Å². The zero-order chi connectivity index (χ0) is 15.8. The van der Waals surface area contributed by atoms with Gasteiger partial charge < -0.3 is 15.3 Å². The summed E-state index contributed by atoms with van der Waals surface area (Å²) in [5, 5.41) is 12.4. The first kappa shape index (κ1) is 17.4. The van der Waals surface area contributed by atoms with E-state index in [-0.39, 0.29) is 18.5 Å². The number of aryl methyl sites for hydroxylation is 1. The van der Waals surface area contributed by atoms with Gasteiger partial charge in [-0.25, -0.2) is 9.78 Å². The van der Waals surface area contributed by atoms with Crippen LogP contribution in [0.3, 0.4) is 0 Å². The highest BCUT2D eigenvalue weighted by atomic mass is 32.1. The first-order chi connectivity index (χ1) is 9.93. The van der Waals surface area contributed by atoms with E-state index in [2.05, 4.69) is 17.2 Å². The highest BCUT2D eigenvalue weighted by molar-refractivity contribution is 7.11. The fourth-order valence-electron chi connectivity index (χ4n) is 1.84. The summed E-state index contributed by atoms with van der Waals surface area (Å²) >= 11 is 1.59. The predicted molar refractivity (Wildman–Crippen MR) is 82.4 cm³/mol. The van der Waals surface area contributed by atoms with E-state index in [1.165, 1.54) is 4.88 Å². The Labute approximate surface area is 129 Å². The van der Waals surface area contributed by atoms with Crippen molar-refractivity contribution in [1.82, 2.24) is 15.2 Å². The summed E-state index contributed by atoms with van der Waals surface area (Å²) in [5.41, 5.74) is 0. The molecule has 0 atom stereocenters. The number of thiazole rings is 1. The minimum absolute atomic E-state index is 0.0290. The average Bonchev–Trinajstić information content (AvgIpc) is 2.88. The van der Waals surface area contributed by atoms with E-state index in [1.807, 2.05) is 20.0 Å². The monoisotopic (exact) mass is 313 g/mol. The van der Waals surface area contributed by atoms with Crippen molar-refractivity contribution in [2.24, 2.45) is 0 Å². The molecule has 7 heteroatoms. The number of rotatable bonds is 8. The molecule has 1 heterocycles. The Balaban J connectivity index is 2.46. The van der Waals surface area contributed by atoms with Crippen LogP contribution in [0.15, 0.2) is 6.20 Å². The van der Waals surface area contributed by atoms with Gasteiger partial charge >= 0.3 is 12.0 Å². The maximum absolute atomic E-state index is 12.2. The number of amides is 2. The number of hydrogen-bond acceptors (Lipinski definition) is 4. The third-order valence-electron chi connectivity index (χ3n) is 3.01. The lowest BCUT2D eigenvalue weighted by Gasteiger charge is -2.26. The van der Waals surface area contributed by atoms with Crippen molar-refractivity contribution in [1.29, 1.82) is 0 Å². The first-order valence-electron chi connectivity index (χ1n) is 7.13. The lowest BCUT2D eigenvalue weighted by atomic mass is 10.2. The van der Waals surface area contributed by atoms with Crippen molar-refractivity contribution in [3.8, 4) is 0 Å². The van der Waals surface area contributed by atoms with Crippen molar-refractivity contribution >= 4 is 23.3 Å². The van der Waals surface area contributed by atoms with Gasteiger partial charge in [0.15, 0.2) is 0 Å². The Morgan fingerprint density at radius 1 is 1.48 bits per heavy atom. The standard InChI is InChI=1S/C14H23N3O3S/c1-4-11-8-15-12(21-11)9-16-14(20)17(10(2)3)7-5-6-13(18)19/h8,10H,4-7,9H2,1-3H3,(H,16,20)(H,18,19). The molecule has 21 heavy (non-hydrogen) atoms. The van der Waals surface area contributed by atoms with Crippen molar-refractivity contribution in [3.63, 3.8) is 0 Å². The van der Waals surface area contributed by atoms with E-state index in [4.69, 9.17) is 5.11 Å². The molecule has 2 amide bonds. The second kappa shape index (κ2) is 8.61. The lowest BCUT2D eigenvalue weighted by Crippen LogP contribution is -2.44. The number of carbonyl (C=O) groups excluding carboxylic acids is 1. The second-order valence-electron chi connectivity index (χ2n) is 5.02. The molecular formula is C14H23N3O3S.